The molecule has 0 unspecified atom stereocenters. The molecule has 0 saturated heterocycles. The lowest BCUT2D eigenvalue weighted by Gasteiger charge is -1.92. The topological polar surface area (TPSA) is 17.3 Å². The van der Waals surface area contributed by atoms with E-state index in [2.05, 4.69) is 11.9 Å². The molecule has 0 aromatic heterocycles. The maximum Gasteiger partial charge on any atom is 0.286 e. The van der Waals surface area contributed by atoms with E-state index < -0.39 is 0 Å². The quantitative estimate of drug-likeness (QED) is 0.454. The third-order valence-corrected chi connectivity index (χ3v) is 0.924. The summed E-state index contributed by atoms with van der Waals surface area (Å²) in [4.78, 5) is 5.87. The van der Waals surface area contributed by atoms with Crippen LogP contribution in [0.3, 0.4) is 0 Å². The minimum Gasteiger partial charge on any atom is -0.234 e. The first kappa shape index (κ1) is 4.37. The average Bonchev–Trinajstić information content (AvgIpc) is 2.14. The van der Waals surface area contributed by atoms with E-state index in [4.69, 9.17) is 0 Å². The molecule has 0 aromatic rings. The summed E-state index contributed by atoms with van der Waals surface area (Å²) in [6.07, 6.45) is 5.53. The van der Waals surface area contributed by atoms with Crippen molar-refractivity contribution in [2.45, 2.75) is 6.92 Å². The van der Waals surface area contributed by atoms with Gasteiger partial charge in [-0.3, -0.25) is 0 Å². The molecular weight excluding hydrogens is 88.1 g/mol. The van der Waals surface area contributed by atoms with Crippen LogP contribution in [0.5, 0.6) is 0 Å². The van der Waals surface area contributed by atoms with Crippen molar-refractivity contribution in [1.29, 1.82) is 0 Å². The molecule has 1 aliphatic heterocycles. The highest BCUT2D eigenvalue weighted by molar-refractivity contribution is 5.58. The van der Waals surface area contributed by atoms with Gasteiger partial charge in [0.15, 0.2) is 6.20 Å². The Balaban J connectivity index is 2.44. The summed E-state index contributed by atoms with van der Waals surface area (Å²) in [5.41, 5.74) is 0. The lowest BCUT2D eigenvalue weighted by atomic mass is 10.7. The van der Waals surface area contributed by atoms with Gasteiger partial charge in [-0.25, -0.2) is 4.90 Å². The van der Waals surface area contributed by atoms with Gasteiger partial charge in [-0.2, -0.15) is 0 Å². The Kier molecular flexibility index (Phi) is 1.11. The van der Waals surface area contributed by atoms with Crippen LogP contribution in [0.25, 0.3) is 0 Å². The molecule has 2 nitrogen and oxygen atoms in total. The molecule has 1 rings (SSSR count). The number of hydrogen-bond donors (Lipinski definition) is 0. The van der Waals surface area contributed by atoms with E-state index in [0.29, 0.717) is 0 Å². The number of aliphatic imine (C=N–C) groups is 1. The van der Waals surface area contributed by atoms with Gasteiger partial charge in [0.05, 0.1) is 6.54 Å². The fraction of sp³-hybridized carbons (Fsp3) is 0.400. The summed E-state index contributed by atoms with van der Waals surface area (Å²) in [6, 6.07) is 0. The molecule has 37 valence electrons. The Hall–Kier alpha value is -0.790. The smallest absolute Gasteiger partial charge is 0.234 e. The Labute approximate surface area is 43.2 Å². The van der Waals surface area contributed by atoms with E-state index >= 15 is 0 Å². The van der Waals surface area contributed by atoms with Crippen molar-refractivity contribution in [3.8, 4) is 0 Å². The standard InChI is InChI=1S/C5H8N2/c1-2-7-4-3-6-5-7/h3-5H,2H2,1H3/q+1. The fourth-order valence-electron chi connectivity index (χ4n) is 0.474. The molecule has 0 saturated carbocycles. The van der Waals surface area contributed by atoms with Crippen molar-refractivity contribution < 1.29 is 0 Å². The van der Waals surface area contributed by atoms with E-state index in [1.54, 1.807) is 12.5 Å². The van der Waals surface area contributed by atoms with Gasteiger partial charge in [-0.15, -0.1) is 0 Å². The van der Waals surface area contributed by atoms with Gasteiger partial charge in [0, 0.05) is 0 Å². The molecule has 1 heterocycles. The van der Waals surface area contributed by atoms with Gasteiger partial charge in [-0.1, -0.05) is 4.99 Å². The Bertz CT molecular complexity index is 92.6. The number of hydrogen-bond acceptors (Lipinski definition) is 2. The Morgan fingerprint density at radius 3 is 2.86 bits per heavy atom. The van der Waals surface area contributed by atoms with Crippen LogP contribution >= 0.6 is 0 Å². The molecule has 0 aliphatic carbocycles. The molecule has 1 radical (unpaired) electrons. The van der Waals surface area contributed by atoms with Gasteiger partial charge in [0.25, 0.3) is 6.34 Å². The Morgan fingerprint density at radius 1 is 1.71 bits per heavy atom. The highest BCUT2D eigenvalue weighted by Crippen LogP contribution is 1.85. The first-order valence-electron chi connectivity index (χ1n) is 2.39. The predicted molar refractivity (Wildman–Crippen MR) is 29.7 cm³/mol. The van der Waals surface area contributed by atoms with Crippen molar-refractivity contribution in [3.63, 3.8) is 0 Å². The molecule has 2 heteroatoms. The summed E-state index contributed by atoms with van der Waals surface area (Å²) in [7, 11) is 0. The largest absolute Gasteiger partial charge is 0.286 e. The lowest BCUT2D eigenvalue weighted by Crippen LogP contribution is -2.10. The van der Waals surface area contributed by atoms with Crippen LogP contribution in [-0.4, -0.2) is 17.8 Å². The minimum atomic E-state index is 1.01. The maximum atomic E-state index is 3.86. The zero-order valence-electron chi connectivity index (χ0n) is 4.33. The normalized spacial score (nSPS) is 16.4. The zero-order chi connectivity index (χ0) is 5.11. The molecule has 0 fully saturated rings. The van der Waals surface area contributed by atoms with E-state index in [-0.39, 0.29) is 0 Å². The summed E-state index contributed by atoms with van der Waals surface area (Å²) >= 11 is 0. The van der Waals surface area contributed by atoms with Crippen molar-refractivity contribution in [2.24, 2.45) is 0 Å². The monoisotopic (exact) mass is 96.1 g/mol. The minimum absolute atomic E-state index is 1.01. The van der Waals surface area contributed by atoms with Crippen LogP contribution in [-0.2, 0) is 0 Å². The van der Waals surface area contributed by atoms with Gasteiger partial charge in [0.2, 0.25) is 0 Å². The van der Waals surface area contributed by atoms with Crippen LogP contribution in [0.4, 0.5) is 0 Å². The van der Waals surface area contributed by atoms with Gasteiger partial charge < -0.3 is 0 Å². The third kappa shape index (κ3) is 0.796. The van der Waals surface area contributed by atoms with Gasteiger partial charge >= 0.3 is 0 Å². The molecule has 0 atom stereocenters. The van der Waals surface area contributed by atoms with E-state index in [9.17, 15) is 0 Å². The first-order chi connectivity index (χ1) is 3.43. The van der Waals surface area contributed by atoms with Crippen LogP contribution in [0.1, 0.15) is 6.92 Å². The molecule has 0 aromatic carbocycles. The molecule has 0 N–H and O–H groups in total. The van der Waals surface area contributed by atoms with Crippen LogP contribution < -0.4 is 4.99 Å². The second kappa shape index (κ2) is 1.78. The van der Waals surface area contributed by atoms with Gasteiger partial charge in [-0.05, 0) is 6.92 Å². The molecule has 1 aliphatic rings. The molecule has 0 amide bonds. The average molecular weight is 96.1 g/mol. The molecule has 0 bridgehead atoms. The number of rotatable bonds is 1. The molecular formula is C5H8N2+. The second-order valence-corrected chi connectivity index (χ2v) is 1.39. The predicted octanol–water partition coefficient (Wildman–Crippen LogP) is 0.157. The third-order valence-electron chi connectivity index (χ3n) is 0.924. The highest BCUT2D eigenvalue weighted by atomic mass is 15.2. The maximum absolute atomic E-state index is 3.86. The van der Waals surface area contributed by atoms with Crippen LogP contribution in [0.15, 0.2) is 12.4 Å². The van der Waals surface area contributed by atoms with E-state index in [1.807, 2.05) is 11.1 Å². The van der Waals surface area contributed by atoms with E-state index in [0.717, 1.165) is 6.54 Å². The fourth-order valence-corrected chi connectivity index (χ4v) is 0.474. The van der Waals surface area contributed by atoms with Gasteiger partial charge in [0.1, 0.15) is 6.20 Å². The number of nitrogens with zero attached hydrogens (tertiary/aromatic N) is 2. The first-order valence-corrected chi connectivity index (χ1v) is 2.39. The second-order valence-electron chi connectivity index (χ2n) is 1.39. The van der Waals surface area contributed by atoms with Crippen molar-refractivity contribution in [1.82, 2.24) is 9.89 Å². The van der Waals surface area contributed by atoms with E-state index in [1.165, 1.54) is 0 Å². The van der Waals surface area contributed by atoms with Crippen molar-refractivity contribution >= 4 is 6.34 Å². The van der Waals surface area contributed by atoms with Crippen molar-refractivity contribution in [3.05, 3.63) is 12.4 Å². The SMILES string of the molecule is CCN1C=C[N+]=C1. The lowest BCUT2D eigenvalue weighted by molar-refractivity contribution is 0.617. The van der Waals surface area contributed by atoms with Crippen LogP contribution in [0.2, 0.25) is 0 Å². The Morgan fingerprint density at radius 2 is 2.57 bits per heavy atom. The summed E-state index contributed by atoms with van der Waals surface area (Å²) in [6.45, 7) is 3.10. The van der Waals surface area contributed by atoms with Crippen molar-refractivity contribution in [2.75, 3.05) is 6.54 Å². The summed E-state index contributed by atoms with van der Waals surface area (Å²) < 4.78 is 0. The summed E-state index contributed by atoms with van der Waals surface area (Å²) in [5, 5.41) is 0. The zero-order valence-corrected chi connectivity index (χ0v) is 4.33. The van der Waals surface area contributed by atoms with Crippen LogP contribution in [0, 0.1) is 0 Å². The summed E-state index contributed by atoms with van der Waals surface area (Å²) in [5.74, 6) is 0. The molecule has 0 spiro atoms. The molecule has 7 heavy (non-hydrogen) atoms. The highest BCUT2D eigenvalue weighted by Gasteiger charge is 2.02.